The van der Waals surface area contributed by atoms with Crippen LogP contribution in [-0.2, 0) is 9.53 Å². The molecule has 2 N–H and O–H groups in total. The van der Waals surface area contributed by atoms with E-state index in [-0.39, 0.29) is 12.4 Å². The van der Waals surface area contributed by atoms with Crippen LogP contribution in [0.2, 0.25) is 0 Å². The van der Waals surface area contributed by atoms with Gasteiger partial charge < -0.3 is 15.2 Å². The summed E-state index contributed by atoms with van der Waals surface area (Å²) in [5.74, 6) is -0.340. The molecule has 0 aliphatic heterocycles. The van der Waals surface area contributed by atoms with Crippen LogP contribution in [0.1, 0.15) is 26.7 Å². The van der Waals surface area contributed by atoms with E-state index in [2.05, 4.69) is 5.32 Å². The summed E-state index contributed by atoms with van der Waals surface area (Å²) in [5.41, 5.74) is 0. The fourth-order valence-corrected chi connectivity index (χ4v) is 0.930. The highest BCUT2D eigenvalue weighted by molar-refractivity contribution is 5.69. The molecule has 0 aliphatic rings. The first-order valence-corrected chi connectivity index (χ1v) is 4.75. The van der Waals surface area contributed by atoms with Crippen LogP contribution in [0.5, 0.6) is 0 Å². The summed E-state index contributed by atoms with van der Waals surface area (Å²) in [7, 11) is 0. The van der Waals surface area contributed by atoms with E-state index < -0.39 is 6.10 Å². The van der Waals surface area contributed by atoms with Crippen molar-refractivity contribution in [2.24, 2.45) is 0 Å². The predicted octanol–water partition coefficient (Wildman–Crippen LogP) is 0.300. The van der Waals surface area contributed by atoms with Crippen LogP contribution in [-0.4, -0.2) is 36.9 Å². The molecule has 4 nitrogen and oxygen atoms in total. The van der Waals surface area contributed by atoms with Crippen molar-refractivity contribution < 1.29 is 14.6 Å². The van der Waals surface area contributed by atoms with Gasteiger partial charge in [0.2, 0.25) is 0 Å². The Labute approximate surface area is 79.3 Å². The molecule has 0 aromatic rings. The quantitative estimate of drug-likeness (QED) is 0.447. The van der Waals surface area contributed by atoms with E-state index in [0.29, 0.717) is 13.2 Å². The van der Waals surface area contributed by atoms with Gasteiger partial charge in [0.25, 0.3) is 0 Å². The highest BCUT2D eigenvalue weighted by atomic mass is 16.5. The summed E-state index contributed by atoms with van der Waals surface area (Å²) in [6.45, 7) is 5.48. The van der Waals surface area contributed by atoms with E-state index in [9.17, 15) is 9.90 Å². The fourth-order valence-electron chi connectivity index (χ4n) is 0.930. The van der Waals surface area contributed by atoms with E-state index in [1.807, 2.05) is 6.92 Å². The lowest BCUT2D eigenvalue weighted by molar-refractivity contribution is -0.145. The number of rotatable bonds is 7. The third-order valence-electron chi connectivity index (χ3n) is 1.51. The molecule has 1 atom stereocenters. The molecule has 0 saturated heterocycles. The van der Waals surface area contributed by atoms with Crippen molar-refractivity contribution in [2.75, 3.05) is 19.7 Å². The number of ether oxygens (including phenoxy) is 1. The monoisotopic (exact) mass is 189 g/mol. The van der Waals surface area contributed by atoms with Crippen molar-refractivity contribution in [2.45, 2.75) is 32.8 Å². The Morgan fingerprint density at radius 1 is 1.54 bits per heavy atom. The average Bonchev–Trinajstić information content (AvgIpc) is 2.05. The summed E-state index contributed by atoms with van der Waals surface area (Å²) >= 11 is 0. The number of hydrogen-bond donors (Lipinski definition) is 2. The van der Waals surface area contributed by atoms with Gasteiger partial charge in [-0.1, -0.05) is 6.92 Å². The van der Waals surface area contributed by atoms with E-state index >= 15 is 0 Å². The number of aliphatic hydroxyl groups excluding tert-OH is 1. The molecule has 0 aromatic carbocycles. The van der Waals surface area contributed by atoms with Crippen molar-refractivity contribution in [1.82, 2.24) is 5.32 Å². The lowest BCUT2D eigenvalue weighted by Crippen LogP contribution is -2.29. The van der Waals surface area contributed by atoms with Gasteiger partial charge in [0.1, 0.15) is 0 Å². The van der Waals surface area contributed by atoms with Crippen molar-refractivity contribution in [3.05, 3.63) is 0 Å². The Kier molecular flexibility index (Phi) is 7.63. The van der Waals surface area contributed by atoms with E-state index in [4.69, 9.17) is 4.74 Å². The summed E-state index contributed by atoms with van der Waals surface area (Å²) in [6, 6.07) is 0. The van der Waals surface area contributed by atoms with Crippen molar-refractivity contribution in [3.63, 3.8) is 0 Å². The van der Waals surface area contributed by atoms with Crippen LogP contribution >= 0.6 is 0 Å². The third-order valence-corrected chi connectivity index (χ3v) is 1.51. The molecule has 0 saturated carbocycles. The van der Waals surface area contributed by atoms with Crippen LogP contribution in [0.4, 0.5) is 0 Å². The van der Waals surface area contributed by atoms with E-state index in [0.717, 1.165) is 13.0 Å². The molecule has 0 heterocycles. The molecule has 0 rings (SSSR count). The SMILES string of the molecule is CCCNCC(O)CC(=O)OCC. The first kappa shape index (κ1) is 12.4. The molecular weight excluding hydrogens is 170 g/mol. The maximum atomic E-state index is 10.9. The second-order valence-electron chi connectivity index (χ2n) is 2.87. The maximum absolute atomic E-state index is 10.9. The Hall–Kier alpha value is -0.610. The minimum Gasteiger partial charge on any atom is -0.466 e. The van der Waals surface area contributed by atoms with Crippen LogP contribution < -0.4 is 5.32 Å². The Balaban J connectivity index is 3.38. The number of carbonyl (C=O) groups excluding carboxylic acids is 1. The van der Waals surface area contributed by atoms with E-state index in [1.54, 1.807) is 6.92 Å². The molecule has 0 radical (unpaired) electrons. The lowest BCUT2D eigenvalue weighted by atomic mass is 10.2. The molecule has 4 heteroatoms. The van der Waals surface area contributed by atoms with Crippen molar-refractivity contribution in [3.8, 4) is 0 Å². The molecule has 13 heavy (non-hydrogen) atoms. The smallest absolute Gasteiger partial charge is 0.308 e. The first-order valence-electron chi connectivity index (χ1n) is 4.75. The van der Waals surface area contributed by atoms with Gasteiger partial charge in [-0.05, 0) is 19.9 Å². The Morgan fingerprint density at radius 2 is 2.23 bits per heavy atom. The minimum absolute atomic E-state index is 0.0740. The van der Waals surface area contributed by atoms with Crippen molar-refractivity contribution >= 4 is 5.97 Å². The normalized spacial score (nSPS) is 12.5. The summed E-state index contributed by atoms with van der Waals surface area (Å²) < 4.78 is 4.69. The molecule has 0 aromatic heterocycles. The largest absolute Gasteiger partial charge is 0.466 e. The van der Waals surface area contributed by atoms with Gasteiger partial charge in [0, 0.05) is 6.54 Å². The van der Waals surface area contributed by atoms with Crippen LogP contribution in [0.25, 0.3) is 0 Å². The molecule has 0 spiro atoms. The summed E-state index contributed by atoms with van der Waals surface area (Å²) in [5, 5.41) is 12.3. The molecule has 0 aliphatic carbocycles. The highest BCUT2D eigenvalue weighted by Gasteiger charge is 2.10. The average molecular weight is 189 g/mol. The molecule has 0 amide bonds. The van der Waals surface area contributed by atoms with Gasteiger partial charge in [-0.25, -0.2) is 0 Å². The highest BCUT2D eigenvalue weighted by Crippen LogP contribution is 1.93. The lowest BCUT2D eigenvalue weighted by Gasteiger charge is -2.10. The van der Waals surface area contributed by atoms with Gasteiger partial charge in [-0.15, -0.1) is 0 Å². The number of aliphatic hydroxyl groups is 1. The zero-order valence-electron chi connectivity index (χ0n) is 8.38. The second-order valence-corrected chi connectivity index (χ2v) is 2.87. The maximum Gasteiger partial charge on any atom is 0.308 e. The summed E-state index contributed by atoms with van der Waals surface area (Å²) in [4.78, 5) is 10.9. The van der Waals surface area contributed by atoms with Gasteiger partial charge in [-0.2, -0.15) is 0 Å². The minimum atomic E-state index is -0.634. The Morgan fingerprint density at radius 3 is 2.77 bits per heavy atom. The number of nitrogens with one attached hydrogen (secondary N) is 1. The third kappa shape index (κ3) is 7.74. The predicted molar refractivity (Wildman–Crippen MR) is 50.4 cm³/mol. The zero-order valence-corrected chi connectivity index (χ0v) is 8.38. The van der Waals surface area contributed by atoms with E-state index in [1.165, 1.54) is 0 Å². The van der Waals surface area contributed by atoms with Gasteiger partial charge >= 0.3 is 5.97 Å². The number of hydrogen-bond acceptors (Lipinski definition) is 4. The molecule has 78 valence electrons. The molecular formula is C9H19NO3. The van der Waals surface area contributed by atoms with Crippen molar-refractivity contribution in [1.29, 1.82) is 0 Å². The second kappa shape index (κ2) is 8.01. The molecule has 1 unspecified atom stereocenters. The summed E-state index contributed by atoms with van der Waals surface area (Å²) in [6.07, 6.45) is 0.460. The van der Waals surface area contributed by atoms with Crippen LogP contribution in [0.15, 0.2) is 0 Å². The van der Waals surface area contributed by atoms with Gasteiger partial charge in [0.05, 0.1) is 19.1 Å². The first-order chi connectivity index (χ1) is 6.20. The molecule has 0 bridgehead atoms. The molecule has 0 fully saturated rings. The van der Waals surface area contributed by atoms with Gasteiger partial charge in [0.15, 0.2) is 0 Å². The standard InChI is InChI=1S/C9H19NO3/c1-3-5-10-7-8(11)6-9(12)13-4-2/h8,10-11H,3-7H2,1-2H3. The fraction of sp³-hybridized carbons (Fsp3) is 0.889. The van der Waals surface area contributed by atoms with Crippen LogP contribution in [0.3, 0.4) is 0 Å². The zero-order chi connectivity index (χ0) is 10.1. The van der Waals surface area contributed by atoms with Crippen LogP contribution in [0, 0.1) is 0 Å². The van der Waals surface area contributed by atoms with Gasteiger partial charge in [-0.3, -0.25) is 4.79 Å². The Bertz CT molecular complexity index is 139. The number of esters is 1. The topological polar surface area (TPSA) is 58.6 Å². The number of carbonyl (C=O) groups is 1.